The number of rotatable bonds is 5. The van der Waals surface area contributed by atoms with Gasteiger partial charge in [-0.05, 0) is 25.1 Å². The van der Waals surface area contributed by atoms with Crippen molar-refractivity contribution in [2.45, 2.75) is 19.6 Å². The molecule has 1 aromatic rings. The fourth-order valence-corrected chi connectivity index (χ4v) is 2.61. The van der Waals surface area contributed by atoms with E-state index in [4.69, 9.17) is 21.1 Å². The van der Waals surface area contributed by atoms with Gasteiger partial charge in [0.1, 0.15) is 5.76 Å². The van der Waals surface area contributed by atoms with Crippen molar-refractivity contribution >= 4 is 45.2 Å². The van der Waals surface area contributed by atoms with Gasteiger partial charge >= 0.3 is 5.97 Å². The summed E-state index contributed by atoms with van der Waals surface area (Å²) in [6.45, 7) is 2.65. The number of Topliss-reactive ketones (excluding diaryl/α,β-unsaturated/α-hetero) is 1. The van der Waals surface area contributed by atoms with Gasteiger partial charge in [-0.1, -0.05) is 45.7 Å². The lowest BCUT2D eigenvalue weighted by Crippen LogP contribution is -2.51. The molecule has 25 heavy (non-hydrogen) atoms. The topological polar surface area (TPSA) is 81.7 Å². The predicted molar refractivity (Wildman–Crippen MR) is 94.8 cm³/mol. The molecule has 1 amide bonds. The molecule has 0 saturated heterocycles. The molecule has 0 aromatic heterocycles. The Morgan fingerprint density at radius 3 is 2.56 bits per heavy atom. The number of hydrogen-bond donors (Lipinski definition) is 1. The molecule has 8 heteroatoms. The van der Waals surface area contributed by atoms with E-state index in [2.05, 4.69) is 21.2 Å². The van der Waals surface area contributed by atoms with Crippen molar-refractivity contribution in [3.05, 3.63) is 58.5 Å². The number of ether oxygens (including phenoxy) is 2. The number of carbonyl (C=O) groups is 3. The molecular formula is C17H15BrClNO5. The number of allylic oxidation sites excluding steroid dienone is 2. The van der Waals surface area contributed by atoms with Crippen LogP contribution >= 0.6 is 27.5 Å². The molecule has 0 fully saturated rings. The van der Waals surface area contributed by atoms with Crippen LogP contribution in [-0.2, 0) is 29.6 Å². The fraction of sp³-hybridized carbons (Fsp3) is 0.235. The summed E-state index contributed by atoms with van der Waals surface area (Å²) in [7, 11) is 0. The predicted octanol–water partition coefficient (Wildman–Crippen LogP) is 2.95. The maximum absolute atomic E-state index is 12.9. The zero-order valence-corrected chi connectivity index (χ0v) is 15.8. The third kappa shape index (κ3) is 4.11. The van der Waals surface area contributed by atoms with Gasteiger partial charge in [0.2, 0.25) is 11.7 Å². The second-order valence-corrected chi connectivity index (χ2v) is 6.23. The van der Waals surface area contributed by atoms with Crippen molar-refractivity contribution in [2.24, 2.45) is 0 Å². The van der Waals surface area contributed by atoms with Crippen LogP contribution in [0.5, 0.6) is 0 Å². The highest BCUT2D eigenvalue weighted by molar-refractivity contribution is 9.09. The van der Waals surface area contributed by atoms with Gasteiger partial charge in [-0.25, -0.2) is 0 Å². The van der Waals surface area contributed by atoms with Crippen molar-refractivity contribution < 1.29 is 23.9 Å². The molecule has 0 saturated carbocycles. The van der Waals surface area contributed by atoms with Crippen LogP contribution < -0.4 is 5.32 Å². The summed E-state index contributed by atoms with van der Waals surface area (Å²) in [5.74, 6) is -2.03. The molecule has 0 aliphatic carbocycles. The van der Waals surface area contributed by atoms with E-state index < -0.39 is 23.4 Å². The summed E-state index contributed by atoms with van der Waals surface area (Å²) in [4.78, 5) is 36.4. The van der Waals surface area contributed by atoms with Gasteiger partial charge in [-0.3, -0.25) is 14.4 Å². The Morgan fingerprint density at radius 2 is 2.00 bits per heavy atom. The maximum atomic E-state index is 12.9. The molecule has 1 N–H and O–H groups in total. The molecule has 0 spiro atoms. The van der Waals surface area contributed by atoms with Crippen LogP contribution in [-0.4, -0.2) is 23.0 Å². The number of ketones is 1. The Balaban J connectivity index is 2.46. The number of halogens is 2. The largest absolute Gasteiger partial charge is 0.456 e. The zero-order chi connectivity index (χ0) is 18.6. The van der Waals surface area contributed by atoms with E-state index in [1.165, 1.54) is 19.9 Å². The van der Waals surface area contributed by atoms with Crippen LogP contribution in [0.1, 0.15) is 19.4 Å². The monoisotopic (exact) mass is 427 g/mol. The Morgan fingerprint density at radius 1 is 1.36 bits per heavy atom. The van der Waals surface area contributed by atoms with E-state index in [9.17, 15) is 14.4 Å². The third-order valence-electron chi connectivity index (χ3n) is 3.31. The van der Waals surface area contributed by atoms with Gasteiger partial charge in [-0.2, -0.15) is 0 Å². The first-order valence-corrected chi connectivity index (χ1v) is 8.74. The molecule has 2 rings (SSSR count). The SMILES string of the molecule is CC(=O)OC1=C(C)OC(NC(=O)/C=C/CBr)(c2ccc(Cl)cc2)C1=O. The molecule has 132 valence electrons. The molecule has 6 nitrogen and oxygen atoms in total. The van der Waals surface area contributed by atoms with Gasteiger partial charge in [0.15, 0.2) is 0 Å². The van der Waals surface area contributed by atoms with E-state index in [1.54, 1.807) is 30.3 Å². The second kappa shape index (κ2) is 7.84. The van der Waals surface area contributed by atoms with E-state index in [0.29, 0.717) is 15.9 Å². The summed E-state index contributed by atoms with van der Waals surface area (Å²) in [6, 6.07) is 6.24. The minimum atomic E-state index is -1.83. The second-order valence-electron chi connectivity index (χ2n) is 5.14. The average Bonchev–Trinajstić information content (AvgIpc) is 2.78. The molecule has 0 bridgehead atoms. The molecule has 0 radical (unpaired) electrons. The van der Waals surface area contributed by atoms with Crippen LogP contribution in [0.25, 0.3) is 0 Å². The Hall–Kier alpha value is -2.12. The normalized spacial score (nSPS) is 19.9. The molecule has 1 unspecified atom stereocenters. The molecule has 1 aliphatic heterocycles. The first-order valence-electron chi connectivity index (χ1n) is 7.24. The molecule has 1 heterocycles. The van der Waals surface area contributed by atoms with Gasteiger partial charge < -0.3 is 14.8 Å². The van der Waals surface area contributed by atoms with E-state index in [-0.39, 0.29) is 11.5 Å². The van der Waals surface area contributed by atoms with Crippen LogP contribution in [0, 0.1) is 0 Å². The Bertz CT molecular complexity index is 772. The van der Waals surface area contributed by atoms with Crippen LogP contribution in [0.2, 0.25) is 5.02 Å². The number of alkyl halides is 1. The minimum absolute atomic E-state index is 0.0971. The van der Waals surface area contributed by atoms with E-state index in [1.807, 2.05) is 0 Å². The fourth-order valence-electron chi connectivity index (χ4n) is 2.30. The third-order valence-corrected chi connectivity index (χ3v) is 3.93. The first-order chi connectivity index (χ1) is 11.8. The Kier molecular flexibility index (Phi) is 6.02. The average molecular weight is 429 g/mol. The maximum Gasteiger partial charge on any atom is 0.308 e. The summed E-state index contributed by atoms with van der Waals surface area (Å²) in [5.41, 5.74) is -1.48. The molecule has 1 aliphatic rings. The summed E-state index contributed by atoms with van der Waals surface area (Å²) in [5, 5.41) is 3.48. The lowest BCUT2D eigenvalue weighted by Gasteiger charge is -2.28. The first kappa shape index (κ1) is 19.2. The number of esters is 1. The van der Waals surface area contributed by atoms with Crippen molar-refractivity contribution in [1.82, 2.24) is 5.32 Å². The standard InChI is InChI=1S/C17H15BrClNO5/c1-10-15(24-11(2)21)16(23)17(25-10,20-14(22)4-3-9-18)12-5-7-13(19)8-6-12/h3-8H,9H2,1-2H3,(H,20,22)/b4-3+. The van der Waals surface area contributed by atoms with Crippen LogP contribution in [0.4, 0.5) is 0 Å². The highest BCUT2D eigenvalue weighted by Crippen LogP contribution is 2.37. The lowest BCUT2D eigenvalue weighted by atomic mass is 9.98. The zero-order valence-electron chi connectivity index (χ0n) is 13.5. The summed E-state index contributed by atoms with van der Waals surface area (Å²) >= 11 is 9.06. The number of amides is 1. The smallest absolute Gasteiger partial charge is 0.308 e. The van der Waals surface area contributed by atoms with Gasteiger partial charge in [-0.15, -0.1) is 0 Å². The summed E-state index contributed by atoms with van der Waals surface area (Å²) in [6.07, 6.45) is 2.83. The van der Waals surface area contributed by atoms with Crippen molar-refractivity contribution in [2.75, 3.05) is 5.33 Å². The van der Waals surface area contributed by atoms with Crippen molar-refractivity contribution in [3.8, 4) is 0 Å². The minimum Gasteiger partial charge on any atom is -0.456 e. The van der Waals surface area contributed by atoms with E-state index in [0.717, 1.165) is 0 Å². The van der Waals surface area contributed by atoms with Crippen molar-refractivity contribution in [3.63, 3.8) is 0 Å². The highest BCUT2D eigenvalue weighted by atomic mass is 79.9. The highest BCUT2D eigenvalue weighted by Gasteiger charge is 2.52. The van der Waals surface area contributed by atoms with Crippen LogP contribution in [0.3, 0.4) is 0 Å². The quantitative estimate of drug-likeness (QED) is 0.443. The summed E-state index contributed by atoms with van der Waals surface area (Å²) < 4.78 is 10.6. The van der Waals surface area contributed by atoms with Gasteiger partial charge in [0.05, 0.1) is 0 Å². The Labute approximate surface area is 157 Å². The number of hydrogen-bond acceptors (Lipinski definition) is 5. The van der Waals surface area contributed by atoms with E-state index >= 15 is 0 Å². The molecule has 1 aromatic carbocycles. The number of carbonyl (C=O) groups excluding carboxylic acids is 3. The lowest BCUT2D eigenvalue weighted by molar-refractivity contribution is -0.146. The van der Waals surface area contributed by atoms with Gasteiger partial charge in [0, 0.05) is 22.8 Å². The molecule has 1 atom stereocenters. The van der Waals surface area contributed by atoms with Crippen molar-refractivity contribution in [1.29, 1.82) is 0 Å². The number of benzene rings is 1. The van der Waals surface area contributed by atoms with Crippen LogP contribution in [0.15, 0.2) is 47.9 Å². The van der Waals surface area contributed by atoms with Gasteiger partial charge in [0.25, 0.3) is 11.5 Å². The number of nitrogens with one attached hydrogen (secondary N) is 1. The molecular weight excluding hydrogens is 414 g/mol.